The second kappa shape index (κ2) is 31.9. The molecule has 5 heteroatoms. The predicted molar refractivity (Wildman–Crippen MR) is 20.6 cm³/mol. The molecule has 0 saturated heterocycles. The molecule has 0 aromatic rings. The van der Waals surface area contributed by atoms with Gasteiger partial charge in [-0.3, -0.25) is 0 Å². The first kappa shape index (κ1) is 26.0. The van der Waals surface area contributed by atoms with Gasteiger partial charge >= 0.3 is 65.4 Å². The van der Waals surface area contributed by atoms with Crippen molar-refractivity contribution in [3.63, 3.8) is 0 Å². The maximum atomic E-state index is 8.00. The molecule has 5 heavy (non-hydrogen) atoms. The predicted octanol–water partition coefficient (Wildman–Crippen LogP) is -2.49. The van der Waals surface area contributed by atoms with E-state index >= 15 is 0 Å². The fraction of sp³-hybridized carbons (Fsp3) is 0. The zero-order valence-electron chi connectivity index (χ0n) is 1.47. The first-order valence-corrected chi connectivity index (χ1v) is 0.595. The van der Waals surface area contributed by atoms with Gasteiger partial charge in [0, 0.05) is 19.5 Å². The van der Waals surface area contributed by atoms with Crippen molar-refractivity contribution in [2.24, 2.45) is 0 Å². The molecule has 0 amide bonds. The second-order valence-electron chi connectivity index (χ2n) is 0. The molecule has 0 N–H and O–H groups in total. The Hall–Kier alpha value is 2.45. The average molecular weight is 328 g/mol. The maximum Gasteiger partial charge on any atom is 0 e. The van der Waals surface area contributed by atoms with E-state index in [1.165, 1.54) is 0 Å². The summed E-state index contributed by atoms with van der Waals surface area (Å²) in [6.45, 7) is 0. The molecule has 1 nitrogen and oxygen atoms in total. The molecule has 0 unspecified atom stereocenters. The molecule has 0 aromatic carbocycles. The van der Waals surface area contributed by atoms with Gasteiger partial charge in [-0.25, -0.2) is 0 Å². The fourth-order valence-corrected chi connectivity index (χ4v) is 0. The molecular weight excluding hydrogens is 322 g/mol. The first-order valence-electron chi connectivity index (χ1n) is 0.144. The smallest absolute Gasteiger partial charge is 0 e. The molecule has 0 saturated carbocycles. The monoisotopic (exact) mass is 326 g/mol. The number of rotatable bonds is 0. The zero-order valence-corrected chi connectivity index (χ0v) is 5.54. The maximum absolute atomic E-state index is 8.00. The normalized spacial score (nSPS) is 1.00. The molecule has 0 heterocycles. The summed E-state index contributed by atoms with van der Waals surface area (Å²) >= 11 is 2.00. The Bertz CT molecular complexity index is 11.6. The van der Waals surface area contributed by atoms with Crippen molar-refractivity contribution < 1.29 is 39.3 Å². The summed E-state index contributed by atoms with van der Waals surface area (Å²) in [5.74, 6) is 0. The molecule has 0 fully saturated rings. The largest absolute Gasteiger partial charge is 0 e. The van der Waals surface area contributed by atoms with Crippen LogP contribution in [0.2, 0.25) is 0 Å². The van der Waals surface area contributed by atoms with Crippen molar-refractivity contribution in [2.45, 2.75) is 0 Å². The molecule has 0 bridgehead atoms. The molecular formula is H6FeGaInOZn. The third-order valence-electron chi connectivity index (χ3n) is 0. The van der Waals surface area contributed by atoms with E-state index in [1.54, 1.807) is 0 Å². The first-order chi connectivity index (χ1) is 1.00. The fourth-order valence-electron chi connectivity index (χ4n) is 0. The van der Waals surface area contributed by atoms with Gasteiger partial charge in [0.15, 0.2) is 0 Å². The van der Waals surface area contributed by atoms with E-state index in [0.29, 0.717) is 0 Å². The number of hydrogen-bond donors (Lipinski definition) is 0. The van der Waals surface area contributed by atoms with Crippen LogP contribution in [0.5, 0.6) is 0 Å². The average Bonchev–Trinajstić information content (AvgIpc) is 1.00. The van der Waals surface area contributed by atoms with Gasteiger partial charge in [0.1, 0.15) is 0 Å². The van der Waals surface area contributed by atoms with Gasteiger partial charge < -0.3 is 0 Å². The summed E-state index contributed by atoms with van der Waals surface area (Å²) in [7, 11) is 0. The topological polar surface area (TPSA) is 17.1 Å². The van der Waals surface area contributed by atoms with Crippen LogP contribution in [-0.2, 0) is 39.3 Å². The van der Waals surface area contributed by atoms with Gasteiger partial charge in [0.2, 0.25) is 0 Å². The van der Waals surface area contributed by atoms with Crippen molar-refractivity contribution in [1.82, 2.24) is 0 Å². The Balaban J connectivity index is -0.00000000167. The van der Waals surface area contributed by atoms with Gasteiger partial charge in [0.05, 0.1) is 0 Å². The summed E-state index contributed by atoms with van der Waals surface area (Å²) in [5.41, 5.74) is 0. The van der Waals surface area contributed by atoms with Crippen LogP contribution in [0.25, 0.3) is 0 Å². The Morgan fingerprint density at radius 3 is 1.20 bits per heavy atom. The minimum absolute atomic E-state index is 0. The summed E-state index contributed by atoms with van der Waals surface area (Å²) in [5, 5.41) is 0. The minimum Gasteiger partial charge on any atom is 0 e. The van der Waals surface area contributed by atoms with E-state index in [4.69, 9.17) is 3.83 Å². The van der Waals surface area contributed by atoms with Crippen LogP contribution in [0.1, 0.15) is 0 Å². The molecule has 0 atom stereocenters. The van der Waals surface area contributed by atoms with Gasteiger partial charge in [0.25, 0.3) is 0 Å². The van der Waals surface area contributed by atoms with Gasteiger partial charge in [-0.1, -0.05) is 0 Å². The Morgan fingerprint density at radius 2 is 1.20 bits per heavy atom. The molecule has 0 aliphatic heterocycles. The standard InChI is InChI=1S/Fe.Ga.In.O.Zn.6H. The summed E-state index contributed by atoms with van der Waals surface area (Å²) in [6, 6.07) is 0. The summed E-state index contributed by atoms with van der Waals surface area (Å²) in [6.07, 6.45) is 0. The molecule has 28 valence electrons. The van der Waals surface area contributed by atoms with Crippen LogP contribution < -0.4 is 0 Å². The van der Waals surface area contributed by atoms with Crippen molar-refractivity contribution >= 4 is 45.6 Å². The quantitative estimate of drug-likeness (QED) is 0.450. The molecule has 0 spiro atoms. The molecule has 0 aromatic heterocycles. The van der Waals surface area contributed by atoms with Crippen LogP contribution in [0, 0.1) is 0 Å². The molecule has 0 aliphatic carbocycles. The summed E-state index contributed by atoms with van der Waals surface area (Å²) < 4.78 is 8.00. The van der Waals surface area contributed by atoms with Crippen LogP contribution in [0.15, 0.2) is 0 Å². The third kappa shape index (κ3) is 21.3. The van der Waals surface area contributed by atoms with E-state index in [2.05, 4.69) is 0 Å². The SMILES string of the molecule is [GaH3].[InH3].[O]=[Fe].[Zn]. The van der Waals surface area contributed by atoms with Crippen molar-refractivity contribution in [3.8, 4) is 0 Å². The van der Waals surface area contributed by atoms with E-state index in [-0.39, 0.29) is 65.1 Å². The number of hydrogen-bond acceptors (Lipinski definition) is 1. The van der Waals surface area contributed by atoms with Crippen LogP contribution >= 0.6 is 0 Å². The van der Waals surface area contributed by atoms with Crippen LogP contribution in [0.3, 0.4) is 0 Å². The Labute approximate surface area is 83.7 Å². The third-order valence-corrected chi connectivity index (χ3v) is 0. The van der Waals surface area contributed by atoms with Gasteiger partial charge in [-0.05, 0) is 0 Å². The van der Waals surface area contributed by atoms with Crippen molar-refractivity contribution in [3.05, 3.63) is 0 Å². The molecule has 0 aliphatic rings. The van der Waals surface area contributed by atoms with Crippen LogP contribution in [0.4, 0.5) is 0 Å². The van der Waals surface area contributed by atoms with E-state index in [9.17, 15) is 0 Å². The molecule has 0 rings (SSSR count). The Kier molecular flexibility index (Phi) is 166. The van der Waals surface area contributed by atoms with E-state index < -0.39 is 0 Å². The van der Waals surface area contributed by atoms with E-state index in [1.807, 2.05) is 15.9 Å². The zero-order chi connectivity index (χ0) is 2.00. The Morgan fingerprint density at radius 1 is 1.20 bits per heavy atom. The summed E-state index contributed by atoms with van der Waals surface area (Å²) in [4.78, 5) is 0. The van der Waals surface area contributed by atoms with Gasteiger partial charge in [-0.2, -0.15) is 0 Å². The minimum atomic E-state index is 0. The van der Waals surface area contributed by atoms with Gasteiger partial charge in [-0.15, -0.1) is 0 Å². The van der Waals surface area contributed by atoms with Crippen molar-refractivity contribution in [1.29, 1.82) is 0 Å². The van der Waals surface area contributed by atoms with E-state index in [0.717, 1.165) is 0 Å². The second-order valence-corrected chi connectivity index (χ2v) is 0. The van der Waals surface area contributed by atoms with Crippen molar-refractivity contribution in [2.75, 3.05) is 0 Å². The van der Waals surface area contributed by atoms with Crippen LogP contribution in [-0.4, -0.2) is 45.6 Å². The molecule has 0 radical (unpaired) electrons.